The van der Waals surface area contributed by atoms with E-state index in [9.17, 15) is 0 Å². The molecule has 8 aliphatic rings. The van der Waals surface area contributed by atoms with Gasteiger partial charge in [-0.25, -0.2) is 0 Å². The third-order valence-electron chi connectivity index (χ3n) is 9.21. The topological polar surface area (TPSA) is 37.7 Å². The smallest absolute Gasteiger partial charge is 0.0549 e. The van der Waals surface area contributed by atoms with Gasteiger partial charge in [-0.05, 0) is 24.7 Å². The first kappa shape index (κ1) is 21.7. The Labute approximate surface area is 195 Å². The molecule has 8 aliphatic heterocycles. The van der Waals surface area contributed by atoms with Crippen LogP contribution in [-0.2, 0) is 0 Å². The molecule has 0 saturated carbocycles. The minimum absolute atomic E-state index is 0.219. The molecule has 4 unspecified atom stereocenters. The standard InChI is InChI=1S/C26H44N6/c1-19(2)9-25-15-29-5-6-30(16-25)12-21(11-29)23(25)27-28-24-22-13-31-7-8-32(14-22)18-26(24,17-31)10-20(3)4/h19-22H,5-18H2,1-4H3. The number of fused-ring (bicyclic) bond motifs is 2. The Kier molecular flexibility index (Phi) is 5.33. The minimum Gasteiger partial charge on any atom is -0.300 e. The number of rotatable bonds is 5. The fourth-order valence-corrected chi connectivity index (χ4v) is 8.73. The maximum atomic E-state index is 5.33. The summed E-state index contributed by atoms with van der Waals surface area (Å²) in [5.74, 6) is 2.56. The second kappa shape index (κ2) is 7.86. The van der Waals surface area contributed by atoms with Crippen molar-refractivity contribution >= 4 is 11.4 Å². The average Bonchev–Trinajstić information content (AvgIpc) is 3.06. The van der Waals surface area contributed by atoms with Crippen LogP contribution in [0, 0.1) is 34.5 Å². The second-order valence-corrected chi connectivity index (χ2v) is 13.1. The van der Waals surface area contributed by atoms with Gasteiger partial charge in [0.2, 0.25) is 0 Å². The van der Waals surface area contributed by atoms with E-state index in [1.165, 1.54) is 103 Å². The third kappa shape index (κ3) is 3.60. The number of piperidine rings is 4. The van der Waals surface area contributed by atoms with Gasteiger partial charge >= 0.3 is 0 Å². The third-order valence-corrected chi connectivity index (χ3v) is 9.21. The van der Waals surface area contributed by atoms with Crippen LogP contribution < -0.4 is 0 Å². The van der Waals surface area contributed by atoms with E-state index in [1.54, 1.807) is 0 Å². The lowest BCUT2D eigenvalue weighted by Crippen LogP contribution is -2.62. The van der Waals surface area contributed by atoms with E-state index in [4.69, 9.17) is 10.2 Å². The number of nitrogens with zero attached hydrogens (tertiary/aromatic N) is 6. The Morgan fingerprint density at radius 2 is 0.938 bits per heavy atom. The van der Waals surface area contributed by atoms with Gasteiger partial charge in [0.15, 0.2) is 0 Å². The molecule has 0 amide bonds. The molecule has 8 bridgehead atoms. The van der Waals surface area contributed by atoms with Crippen LogP contribution in [-0.4, -0.2) is 110 Å². The van der Waals surface area contributed by atoms with Crippen molar-refractivity contribution in [1.29, 1.82) is 0 Å². The first-order valence-corrected chi connectivity index (χ1v) is 13.4. The average molecular weight is 441 g/mol. The predicted molar refractivity (Wildman–Crippen MR) is 131 cm³/mol. The van der Waals surface area contributed by atoms with Crippen molar-refractivity contribution in [3.8, 4) is 0 Å². The molecule has 0 aromatic rings. The van der Waals surface area contributed by atoms with E-state index in [1.807, 2.05) is 0 Å². The van der Waals surface area contributed by atoms with Crippen molar-refractivity contribution in [2.75, 3.05) is 78.5 Å². The number of hydrogen-bond donors (Lipinski definition) is 0. The fraction of sp³-hybridized carbons (Fsp3) is 0.923. The Morgan fingerprint density at radius 3 is 1.22 bits per heavy atom. The molecule has 0 aromatic heterocycles. The highest BCUT2D eigenvalue weighted by Gasteiger charge is 2.54. The van der Waals surface area contributed by atoms with Gasteiger partial charge in [-0.15, -0.1) is 0 Å². The van der Waals surface area contributed by atoms with Gasteiger partial charge in [0.1, 0.15) is 0 Å². The summed E-state index contributed by atoms with van der Waals surface area (Å²) < 4.78 is 0. The molecule has 0 spiro atoms. The summed E-state index contributed by atoms with van der Waals surface area (Å²) in [6.45, 7) is 24.1. The zero-order valence-corrected chi connectivity index (χ0v) is 20.9. The molecule has 0 radical (unpaired) electrons. The van der Waals surface area contributed by atoms with Crippen molar-refractivity contribution in [3.05, 3.63) is 0 Å². The molecule has 8 heterocycles. The maximum absolute atomic E-state index is 5.33. The maximum Gasteiger partial charge on any atom is 0.0549 e. The molecule has 178 valence electrons. The Morgan fingerprint density at radius 1 is 0.625 bits per heavy atom. The summed E-state index contributed by atoms with van der Waals surface area (Å²) in [5, 5.41) is 10.7. The zero-order chi connectivity index (χ0) is 22.1. The minimum atomic E-state index is 0.219. The molecule has 4 atom stereocenters. The largest absolute Gasteiger partial charge is 0.300 e. The number of hydrogen-bond acceptors (Lipinski definition) is 6. The highest BCUT2D eigenvalue weighted by Crippen LogP contribution is 2.45. The summed E-state index contributed by atoms with van der Waals surface area (Å²) in [6.07, 6.45) is 2.50. The summed E-state index contributed by atoms with van der Waals surface area (Å²) in [6, 6.07) is 0. The van der Waals surface area contributed by atoms with Crippen molar-refractivity contribution in [1.82, 2.24) is 19.6 Å². The normalized spacial score (nSPS) is 49.6. The van der Waals surface area contributed by atoms with Crippen molar-refractivity contribution in [3.63, 3.8) is 0 Å². The van der Waals surface area contributed by atoms with Crippen LogP contribution in [0.25, 0.3) is 0 Å². The van der Waals surface area contributed by atoms with Crippen LogP contribution in [0.2, 0.25) is 0 Å². The first-order valence-electron chi connectivity index (χ1n) is 13.4. The molecule has 8 fully saturated rings. The van der Waals surface area contributed by atoms with Gasteiger partial charge in [-0.2, -0.15) is 10.2 Å². The second-order valence-electron chi connectivity index (χ2n) is 13.1. The summed E-state index contributed by atoms with van der Waals surface area (Å²) in [4.78, 5) is 10.9. The van der Waals surface area contributed by atoms with E-state index < -0.39 is 0 Å². The molecule has 0 aromatic carbocycles. The van der Waals surface area contributed by atoms with Gasteiger partial charge in [0.25, 0.3) is 0 Å². The van der Waals surface area contributed by atoms with Crippen molar-refractivity contribution < 1.29 is 0 Å². The molecule has 8 saturated heterocycles. The van der Waals surface area contributed by atoms with E-state index in [-0.39, 0.29) is 10.8 Å². The van der Waals surface area contributed by atoms with Crippen LogP contribution in [0.3, 0.4) is 0 Å². The molecule has 6 nitrogen and oxygen atoms in total. The summed E-state index contributed by atoms with van der Waals surface area (Å²) >= 11 is 0. The lowest BCUT2D eigenvalue weighted by molar-refractivity contribution is 0.0980. The van der Waals surface area contributed by atoms with E-state index in [2.05, 4.69) is 47.3 Å². The molecular weight excluding hydrogens is 396 g/mol. The molecule has 0 N–H and O–H groups in total. The SMILES string of the molecule is CC(C)CC12CN3CCN(CC(C3)C1=NN=C1C3CN4CCN(C3)CC1(CC(C)C)C4)C2. The highest BCUT2D eigenvalue weighted by molar-refractivity contribution is 5.98. The Balaban J connectivity index is 1.39. The molecular formula is C26H44N6. The van der Waals surface area contributed by atoms with Gasteiger partial charge in [-0.3, -0.25) is 0 Å². The van der Waals surface area contributed by atoms with Gasteiger partial charge in [0, 0.05) is 101 Å². The highest BCUT2D eigenvalue weighted by atomic mass is 15.3. The van der Waals surface area contributed by atoms with Gasteiger partial charge < -0.3 is 19.6 Å². The van der Waals surface area contributed by atoms with E-state index >= 15 is 0 Å². The van der Waals surface area contributed by atoms with Gasteiger partial charge in [-0.1, -0.05) is 27.7 Å². The van der Waals surface area contributed by atoms with E-state index in [0.29, 0.717) is 23.7 Å². The monoisotopic (exact) mass is 440 g/mol. The van der Waals surface area contributed by atoms with Crippen LogP contribution in [0.4, 0.5) is 0 Å². The Hall–Kier alpha value is -0.820. The predicted octanol–water partition coefficient (Wildman–Crippen LogP) is 2.37. The van der Waals surface area contributed by atoms with Crippen LogP contribution in [0.5, 0.6) is 0 Å². The quantitative estimate of drug-likeness (QED) is 0.615. The fourth-order valence-electron chi connectivity index (χ4n) is 8.73. The molecule has 6 heteroatoms. The molecule has 0 aliphatic carbocycles. The van der Waals surface area contributed by atoms with Crippen LogP contribution in [0.1, 0.15) is 40.5 Å². The molecule has 32 heavy (non-hydrogen) atoms. The summed E-state index contributed by atoms with van der Waals surface area (Å²) in [7, 11) is 0. The zero-order valence-electron chi connectivity index (χ0n) is 20.9. The van der Waals surface area contributed by atoms with Crippen LogP contribution in [0.15, 0.2) is 10.2 Å². The van der Waals surface area contributed by atoms with Crippen LogP contribution >= 0.6 is 0 Å². The Bertz CT molecular complexity index is 702. The van der Waals surface area contributed by atoms with Gasteiger partial charge in [0.05, 0.1) is 11.4 Å². The summed E-state index contributed by atoms with van der Waals surface area (Å²) in [5.41, 5.74) is 3.38. The van der Waals surface area contributed by atoms with E-state index in [0.717, 1.165) is 0 Å². The lowest BCUT2D eigenvalue weighted by atomic mass is 9.66. The lowest BCUT2D eigenvalue weighted by Gasteiger charge is -2.52. The first-order chi connectivity index (χ1) is 15.3. The molecule has 8 rings (SSSR count). The van der Waals surface area contributed by atoms with Crippen molar-refractivity contribution in [2.24, 2.45) is 44.7 Å². The van der Waals surface area contributed by atoms with Crippen molar-refractivity contribution in [2.45, 2.75) is 40.5 Å².